The normalized spacial score (nSPS) is 20.1. The van der Waals surface area contributed by atoms with Crippen LogP contribution in [0.2, 0.25) is 0 Å². The van der Waals surface area contributed by atoms with E-state index in [0.29, 0.717) is 24.9 Å². The van der Waals surface area contributed by atoms with Crippen molar-refractivity contribution in [3.63, 3.8) is 0 Å². The Labute approximate surface area is 178 Å². The number of nitrogens with one attached hydrogen (secondary N) is 1. The van der Waals surface area contributed by atoms with Gasteiger partial charge >= 0.3 is 0 Å². The Morgan fingerprint density at radius 2 is 1.90 bits per heavy atom. The van der Waals surface area contributed by atoms with Gasteiger partial charge < -0.3 is 5.32 Å². The highest BCUT2D eigenvalue weighted by Gasteiger charge is 2.41. The summed E-state index contributed by atoms with van der Waals surface area (Å²) < 4.78 is 41.0. The number of halogens is 1. The molecule has 1 fully saturated rings. The quantitative estimate of drug-likeness (QED) is 0.722. The Hall–Kier alpha value is -2.25. The molecule has 0 bridgehead atoms. The lowest BCUT2D eigenvalue weighted by Gasteiger charge is -2.38. The molecule has 1 aliphatic rings. The van der Waals surface area contributed by atoms with E-state index < -0.39 is 15.4 Å². The minimum Gasteiger partial charge on any atom is -0.352 e. The SMILES string of the molecule is CCCc1ccc(S(=O)(=O)N2CCC[C@@](C)(C(=O)NCc3cccc(F)c3)C2)cc1. The van der Waals surface area contributed by atoms with Crippen molar-refractivity contribution in [1.82, 2.24) is 9.62 Å². The molecule has 1 aliphatic heterocycles. The molecule has 1 saturated heterocycles. The molecule has 2 aromatic carbocycles. The molecule has 1 N–H and O–H groups in total. The predicted molar refractivity (Wildman–Crippen MR) is 115 cm³/mol. The van der Waals surface area contributed by atoms with Gasteiger partial charge in [0.25, 0.3) is 0 Å². The van der Waals surface area contributed by atoms with Crippen molar-refractivity contribution in [2.75, 3.05) is 13.1 Å². The molecular formula is C23H29FN2O3S. The molecule has 1 amide bonds. The van der Waals surface area contributed by atoms with Gasteiger partial charge in [-0.2, -0.15) is 4.31 Å². The van der Waals surface area contributed by atoms with Crippen LogP contribution in [0.4, 0.5) is 4.39 Å². The number of nitrogens with zero attached hydrogens (tertiary/aromatic N) is 1. The number of hydrogen-bond donors (Lipinski definition) is 1. The van der Waals surface area contributed by atoms with E-state index in [1.165, 1.54) is 16.4 Å². The van der Waals surface area contributed by atoms with E-state index >= 15 is 0 Å². The second-order valence-electron chi connectivity index (χ2n) is 8.21. The minimum absolute atomic E-state index is 0.126. The Morgan fingerprint density at radius 3 is 2.57 bits per heavy atom. The van der Waals surface area contributed by atoms with Crippen LogP contribution < -0.4 is 5.32 Å². The standard InChI is InChI=1S/C23H29FN2O3S/c1-3-6-18-9-11-21(12-10-18)30(28,29)26-14-5-13-23(2,17-26)22(27)25-16-19-7-4-8-20(24)15-19/h4,7-12,15H,3,5-6,13-14,16-17H2,1-2H3,(H,25,27)/t23-/m1/s1. The fourth-order valence-corrected chi connectivity index (χ4v) is 5.49. The maximum Gasteiger partial charge on any atom is 0.243 e. The maximum absolute atomic E-state index is 13.3. The fourth-order valence-electron chi connectivity index (χ4n) is 3.89. The largest absolute Gasteiger partial charge is 0.352 e. The number of carbonyl (C=O) groups is 1. The van der Waals surface area contributed by atoms with Crippen LogP contribution in [0.1, 0.15) is 44.2 Å². The van der Waals surface area contributed by atoms with Gasteiger partial charge in [0.1, 0.15) is 5.82 Å². The Kier molecular flexibility index (Phi) is 6.93. The van der Waals surface area contributed by atoms with Crippen LogP contribution >= 0.6 is 0 Å². The summed E-state index contributed by atoms with van der Waals surface area (Å²) in [5.74, 6) is -0.571. The summed E-state index contributed by atoms with van der Waals surface area (Å²) in [5.41, 5.74) is 0.942. The van der Waals surface area contributed by atoms with Gasteiger partial charge in [-0.15, -0.1) is 0 Å². The molecular weight excluding hydrogens is 403 g/mol. The number of amides is 1. The van der Waals surface area contributed by atoms with E-state index in [1.54, 1.807) is 31.2 Å². The third kappa shape index (κ3) is 5.08. The van der Waals surface area contributed by atoms with Crippen LogP contribution in [-0.2, 0) is 27.8 Å². The summed E-state index contributed by atoms with van der Waals surface area (Å²) in [4.78, 5) is 13.1. The molecule has 1 heterocycles. The van der Waals surface area contributed by atoms with Crippen LogP contribution in [0.25, 0.3) is 0 Å². The lowest BCUT2D eigenvalue weighted by atomic mass is 9.82. The average Bonchev–Trinajstić information content (AvgIpc) is 2.73. The highest BCUT2D eigenvalue weighted by atomic mass is 32.2. The highest BCUT2D eigenvalue weighted by Crippen LogP contribution is 2.33. The van der Waals surface area contributed by atoms with Crippen LogP contribution in [0.5, 0.6) is 0 Å². The van der Waals surface area contributed by atoms with Crippen LogP contribution in [0.3, 0.4) is 0 Å². The van der Waals surface area contributed by atoms with Gasteiger partial charge in [0, 0.05) is 19.6 Å². The molecule has 7 heteroatoms. The summed E-state index contributed by atoms with van der Waals surface area (Å²) >= 11 is 0. The summed E-state index contributed by atoms with van der Waals surface area (Å²) in [6.07, 6.45) is 3.12. The van der Waals surface area contributed by atoms with Gasteiger partial charge in [0.15, 0.2) is 0 Å². The topological polar surface area (TPSA) is 66.5 Å². The van der Waals surface area contributed by atoms with Crippen molar-refractivity contribution in [1.29, 1.82) is 0 Å². The van der Waals surface area contributed by atoms with Crippen molar-refractivity contribution in [2.45, 2.75) is 51.0 Å². The second-order valence-corrected chi connectivity index (χ2v) is 10.1. The van der Waals surface area contributed by atoms with E-state index in [-0.39, 0.29) is 29.7 Å². The molecule has 0 saturated carbocycles. The Morgan fingerprint density at radius 1 is 1.17 bits per heavy atom. The average molecular weight is 433 g/mol. The number of piperidine rings is 1. The predicted octanol–water partition coefficient (Wildman–Crippen LogP) is 3.89. The zero-order valence-electron chi connectivity index (χ0n) is 17.5. The maximum atomic E-state index is 13.3. The first-order valence-electron chi connectivity index (χ1n) is 10.4. The van der Waals surface area contributed by atoms with Crippen LogP contribution in [-0.4, -0.2) is 31.7 Å². The summed E-state index contributed by atoms with van der Waals surface area (Å²) in [6, 6.07) is 13.1. The van der Waals surface area contributed by atoms with E-state index in [9.17, 15) is 17.6 Å². The van der Waals surface area contributed by atoms with Crippen molar-refractivity contribution < 1.29 is 17.6 Å². The number of aryl methyl sites for hydroxylation is 1. The molecule has 5 nitrogen and oxygen atoms in total. The number of carbonyl (C=O) groups excluding carboxylic acids is 1. The van der Waals surface area contributed by atoms with E-state index in [1.807, 2.05) is 12.1 Å². The lowest BCUT2D eigenvalue weighted by molar-refractivity contribution is -0.132. The van der Waals surface area contributed by atoms with E-state index in [4.69, 9.17) is 0 Å². The molecule has 0 spiro atoms. The summed E-state index contributed by atoms with van der Waals surface area (Å²) in [6.45, 7) is 4.60. The molecule has 0 aliphatic carbocycles. The van der Waals surface area contributed by atoms with Crippen molar-refractivity contribution in [2.24, 2.45) is 5.41 Å². The van der Waals surface area contributed by atoms with Gasteiger partial charge in [-0.25, -0.2) is 12.8 Å². The second kappa shape index (κ2) is 9.27. The van der Waals surface area contributed by atoms with E-state index in [0.717, 1.165) is 18.4 Å². The first-order valence-corrected chi connectivity index (χ1v) is 11.8. The van der Waals surface area contributed by atoms with Gasteiger partial charge in [-0.3, -0.25) is 4.79 Å². The molecule has 0 radical (unpaired) electrons. The number of sulfonamides is 1. The van der Waals surface area contributed by atoms with Crippen molar-refractivity contribution in [3.8, 4) is 0 Å². The first-order chi connectivity index (χ1) is 14.2. The molecule has 30 heavy (non-hydrogen) atoms. The number of benzene rings is 2. The zero-order valence-corrected chi connectivity index (χ0v) is 18.3. The number of hydrogen-bond acceptors (Lipinski definition) is 3. The third-order valence-electron chi connectivity index (χ3n) is 5.65. The third-order valence-corrected chi connectivity index (χ3v) is 7.51. The summed E-state index contributed by atoms with van der Waals surface area (Å²) in [7, 11) is -3.67. The molecule has 0 unspecified atom stereocenters. The smallest absolute Gasteiger partial charge is 0.243 e. The van der Waals surface area contributed by atoms with Crippen molar-refractivity contribution in [3.05, 3.63) is 65.5 Å². The fraction of sp³-hybridized carbons (Fsp3) is 0.435. The minimum atomic E-state index is -3.67. The van der Waals surface area contributed by atoms with E-state index in [2.05, 4.69) is 12.2 Å². The van der Waals surface area contributed by atoms with Gasteiger partial charge in [0.2, 0.25) is 15.9 Å². The Bertz CT molecular complexity index is 992. The molecule has 162 valence electrons. The number of rotatable bonds is 7. The summed E-state index contributed by atoms with van der Waals surface area (Å²) in [5, 5.41) is 2.84. The molecule has 2 aromatic rings. The van der Waals surface area contributed by atoms with Gasteiger partial charge in [-0.05, 0) is 61.6 Å². The highest BCUT2D eigenvalue weighted by molar-refractivity contribution is 7.89. The molecule has 3 rings (SSSR count). The van der Waals surface area contributed by atoms with Crippen LogP contribution in [0.15, 0.2) is 53.4 Å². The van der Waals surface area contributed by atoms with Crippen LogP contribution in [0, 0.1) is 11.2 Å². The van der Waals surface area contributed by atoms with Gasteiger partial charge in [-0.1, -0.05) is 37.6 Å². The van der Waals surface area contributed by atoms with Crippen molar-refractivity contribution >= 4 is 15.9 Å². The molecule has 0 aromatic heterocycles. The zero-order chi connectivity index (χ0) is 21.8. The van der Waals surface area contributed by atoms with Gasteiger partial charge in [0.05, 0.1) is 10.3 Å². The molecule has 1 atom stereocenters. The lowest BCUT2D eigenvalue weighted by Crippen LogP contribution is -2.51. The first kappa shape index (κ1) is 22.4. The Balaban J connectivity index is 1.70. The monoisotopic (exact) mass is 432 g/mol.